The summed E-state index contributed by atoms with van der Waals surface area (Å²) in [6, 6.07) is 10.1. The molecule has 4 heteroatoms. The van der Waals surface area contributed by atoms with Gasteiger partial charge in [0.2, 0.25) is 0 Å². The zero-order chi connectivity index (χ0) is 17.2. The van der Waals surface area contributed by atoms with Crippen LogP contribution in [0.15, 0.2) is 30.3 Å². The predicted octanol–water partition coefficient (Wildman–Crippen LogP) is 5.95. The number of anilines is 1. The van der Waals surface area contributed by atoms with Crippen LogP contribution in [-0.2, 0) is 6.54 Å². The minimum Gasteiger partial charge on any atom is -0.370 e. The lowest BCUT2D eigenvalue weighted by atomic mass is 9.98. The first-order chi connectivity index (χ1) is 11.2. The van der Waals surface area contributed by atoms with Gasteiger partial charge in [0.15, 0.2) is 0 Å². The number of hydrogen-bond donors (Lipinski definition) is 1. The molecular formula is C19H30ClN3. The Balaban J connectivity index is 0.000000477. The topological polar surface area (TPSA) is 29.9 Å². The van der Waals surface area contributed by atoms with E-state index >= 15 is 0 Å². The average Bonchev–Trinajstić information content (AvgIpc) is 3.01. The number of aromatic nitrogens is 2. The highest BCUT2D eigenvalue weighted by molar-refractivity contribution is 6.31. The minimum atomic E-state index is 0.221. The molecule has 1 aliphatic heterocycles. The number of nitrogens with zero attached hydrogens (tertiary/aromatic N) is 2. The Kier molecular flexibility index (Phi) is 8.78. The van der Waals surface area contributed by atoms with Gasteiger partial charge in [0, 0.05) is 30.1 Å². The monoisotopic (exact) mass is 335 g/mol. The van der Waals surface area contributed by atoms with Crippen molar-refractivity contribution in [3.63, 3.8) is 0 Å². The summed E-state index contributed by atoms with van der Waals surface area (Å²) in [4.78, 5) is 0. The zero-order valence-electron chi connectivity index (χ0n) is 15.1. The van der Waals surface area contributed by atoms with E-state index < -0.39 is 0 Å². The van der Waals surface area contributed by atoms with E-state index in [1.165, 1.54) is 6.42 Å². The van der Waals surface area contributed by atoms with Crippen molar-refractivity contribution in [2.75, 3.05) is 11.9 Å². The van der Waals surface area contributed by atoms with Gasteiger partial charge in [-0.15, -0.1) is 0 Å². The molecule has 2 aromatic rings. The molecular weight excluding hydrogens is 306 g/mol. The number of rotatable bonds is 2. The largest absolute Gasteiger partial charge is 0.370 e. The maximum Gasteiger partial charge on any atom is 0.124 e. The Morgan fingerprint density at radius 1 is 1.26 bits per heavy atom. The molecule has 128 valence electrons. The van der Waals surface area contributed by atoms with E-state index in [0.717, 1.165) is 41.6 Å². The van der Waals surface area contributed by atoms with Crippen molar-refractivity contribution < 1.29 is 0 Å². The highest BCUT2D eigenvalue weighted by atomic mass is 35.5. The quantitative estimate of drug-likeness (QED) is 0.735. The SMILES string of the molecule is CC.CC(c1cc2n(n1)CCCN2)c1ccccc1Cl.CCC. The van der Waals surface area contributed by atoms with E-state index in [4.69, 9.17) is 11.6 Å². The normalized spacial score (nSPS) is 13.5. The molecule has 3 rings (SSSR count). The fourth-order valence-corrected chi connectivity index (χ4v) is 2.69. The van der Waals surface area contributed by atoms with Crippen LogP contribution in [0.4, 0.5) is 5.82 Å². The fourth-order valence-electron chi connectivity index (χ4n) is 2.39. The highest BCUT2D eigenvalue weighted by Gasteiger charge is 2.18. The number of benzene rings is 1. The number of nitrogens with one attached hydrogen (secondary N) is 1. The summed E-state index contributed by atoms with van der Waals surface area (Å²) in [7, 11) is 0. The number of halogens is 1. The lowest BCUT2D eigenvalue weighted by Gasteiger charge is -2.14. The van der Waals surface area contributed by atoms with Crippen molar-refractivity contribution in [3.05, 3.63) is 46.6 Å². The van der Waals surface area contributed by atoms with Gasteiger partial charge in [-0.25, -0.2) is 4.68 Å². The minimum absolute atomic E-state index is 0.221. The zero-order valence-corrected chi connectivity index (χ0v) is 15.8. The number of aryl methyl sites for hydroxylation is 1. The molecule has 1 unspecified atom stereocenters. The van der Waals surface area contributed by atoms with Gasteiger partial charge in [-0.3, -0.25) is 0 Å². The maximum atomic E-state index is 6.25. The fraction of sp³-hybridized carbons (Fsp3) is 0.526. The lowest BCUT2D eigenvalue weighted by Crippen LogP contribution is -2.17. The Bertz CT molecular complexity index is 554. The third-order valence-electron chi connectivity index (χ3n) is 3.47. The van der Waals surface area contributed by atoms with Crippen molar-refractivity contribution in [2.24, 2.45) is 0 Å². The molecule has 3 nitrogen and oxygen atoms in total. The number of hydrogen-bond acceptors (Lipinski definition) is 2. The summed E-state index contributed by atoms with van der Waals surface area (Å²) in [5, 5.41) is 8.84. The molecule has 1 aliphatic rings. The van der Waals surface area contributed by atoms with E-state index in [-0.39, 0.29) is 5.92 Å². The highest BCUT2D eigenvalue weighted by Crippen LogP contribution is 2.30. The van der Waals surface area contributed by atoms with Crippen LogP contribution in [-0.4, -0.2) is 16.3 Å². The van der Waals surface area contributed by atoms with Gasteiger partial charge in [-0.1, -0.05) is 70.8 Å². The third kappa shape index (κ3) is 5.28. The molecule has 23 heavy (non-hydrogen) atoms. The van der Waals surface area contributed by atoms with Gasteiger partial charge in [0.05, 0.1) is 5.69 Å². The average molecular weight is 336 g/mol. The first kappa shape index (κ1) is 19.6. The maximum absolute atomic E-state index is 6.25. The van der Waals surface area contributed by atoms with Crippen molar-refractivity contribution in [1.82, 2.24) is 9.78 Å². The molecule has 1 aromatic carbocycles. The van der Waals surface area contributed by atoms with Crippen LogP contribution in [0.2, 0.25) is 5.02 Å². The summed E-state index contributed by atoms with van der Waals surface area (Å²) in [5.74, 6) is 1.34. The molecule has 0 spiro atoms. The van der Waals surface area contributed by atoms with Gasteiger partial charge in [0.25, 0.3) is 0 Å². The van der Waals surface area contributed by atoms with Crippen LogP contribution in [0, 0.1) is 0 Å². The van der Waals surface area contributed by atoms with Crippen molar-refractivity contribution in [2.45, 2.75) is 59.9 Å². The van der Waals surface area contributed by atoms with Crippen LogP contribution in [0.5, 0.6) is 0 Å². The van der Waals surface area contributed by atoms with Gasteiger partial charge in [-0.2, -0.15) is 5.10 Å². The molecule has 0 amide bonds. The molecule has 2 heterocycles. The molecule has 0 aliphatic carbocycles. The van der Waals surface area contributed by atoms with Crippen LogP contribution in [0.3, 0.4) is 0 Å². The van der Waals surface area contributed by atoms with Crippen LogP contribution in [0.1, 0.15) is 64.6 Å². The first-order valence-electron chi connectivity index (χ1n) is 8.73. The number of fused-ring (bicyclic) bond motifs is 1. The second kappa shape index (κ2) is 10.3. The molecule has 0 radical (unpaired) electrons. The van der Waals surface area contributed by atoms with Crippen LogP contribution < -0.4 is 5.32 Å². The summed E-state index contributed by atoms with van der Waals surface area (Å²) in [5.41, 5.74) is 2.21. The third-order valence-corrected chi connectivity index (χ3v) is 3.81. The summed E-state index contributed by atoms with van der Waals surface area (Å²) < 4.78 is 2.05. The molecule has 0 saturated heterocycles. The van der Waals surface area contributed by atoms with Crippen molar-refractivity contribution in [1.29, 1.82) is 0 Å². The second-order valence-electron chi connectivity index (χ2n) is 5.41. The molecule has 0 bridgehead atoms. The lowest BCUT2D eigenvalue weighted by molar-refractivity contribution is 0.559. The predicted molar refractivity (Wildman–Crippen MR) is 102 cm³/mol. The second-order valence-corrected chi connectivity index (χ2v) is 5.82. The molecule has 1 atom stereocenters. The van der Waals surface area contributed by atoms with Gasteiger partial charge < -0.3 is 5.32 Å². The summed E-state index contributed by atoms with van der Waals surface area (Å²) >= 11 is 6.25. The van der Waals surface area contributed by atoms with E-state index in [2.05, 4.69) is 43.3 Å². The Morgan fingerprint density at radius 2 is 1.91 bits per heavy atom. The van der Waals surface area contributed by atoms with Crippen molar-refractivity contribution in [3.8, 4) is 0 Å². The summed E-state index contributed by atoms with van der Waals surface area (Å²) in [6.45, 7) is 12.4. The smallest absolute Gasteiger partial charge is 0.124 e. The Morgan fingerprint density at radius 3 is 2.52 bits per heavy atom. The Hall–Kier alpha value is -1.48. The first-order valence-corrected chi connectivity index (χ1v) is 9.11. The molecule has 0 saturated carbocycles. The molecule has 1 aromatic heterocycles. The van der Waals surface area contributed by atoms with E-state index in [1.54, 1.807) is 0 Å². The molecule has 1 N–H and O–H groups in total. The van der Waals surface area contributed by atoms with Gasteiger partial charge in [-0.05, 0) is 18.1 Å². The van der Waals surface area contributed by atoms with Crippen molar-refractivity contribution >= 4 is 17.4 Å². The van der Waals surface area contributed by atoms with E-state index in [1.807, 2.05) is 36.7 Å². The standard InChI is InChI=1S/C14H16ClN3.C3H8.C2H6/c1-10(11-5-2-3-6-12(11)15)13-9-14-16-7-4-8-18(14)17-13;1-3-2;1-2/h2-3,5-6,9-10,16H,4,7-8H2,1H3;3H2,1-2H3;1-2H3. The van der Waals surface area contributed by atoms with Crippen LogP contribution in [0.25, 0.3) is 0 Å². The van der Waals surface area contributed by atoms with Gasteiger partial charge in [0.1, 0.15) is 5.82 Å². The van der Waals surface area contributed by atoms with E-state index in [9.17, 15) is 0 Å². The van der Waals surface area contributed by atoms with Gasteiger partial charge >= 0.3 is 0 Å². The van der Waals surface area contributed by atoms with E-state index in [0.29, 0.717) is 0 Å². The van der Waals surface area contributed by atoms with Crippen LogP contribution >= 0.6 is 11.6 Å². The summed E-state index contributed by atoms with van der Waals surface area (Å²) in [6.07, 6.45) is 2.38. The Labute approximate surface area is 146 Å². The molecule has 0 fully saturated rings.